The molecule has 0 bridgehead atoms. The van der Waals surface area contributed by atoms with Gasteiger partial charge in [0.1, 0.15) is 0 Å². The van der Waals surface area contributed by atoms with E-state index in [1.54, 1.807) is 35.2 Å². The lowest BCUT2D eigenvalue weighted by atomic mass is 10.1. The number of piperazine rings is 1. The van der Waals surface area contributed by atoms with Crippen LogP contribution in [0.4, 0.5) is 5.69 Å². The highest BCUT2D eigenvalue weighted by Crippen LogP contribution is 2.19. The van der Waals surface area contributed by atoms with Crippen molar-refractivity contribution in [2.75, 3.05) is 30.9 Å². The zero-order chi connectivity index (χ0) is 22.6. The standard InChI is InChI=1S/C25H27N3O3S/c1-20-7-5-11-23(17-20)26-32(30,31)24-12-6-10-22(18-24)25(29)28-15-13-27(14-16-28)19-21-8-3-2-4-9-21/h2-12,17-18,26H,13-16,19H2,1H3. The summed E-state index contributed by atoms with van der Waals surface area (Å²) in [6.45, 7) is 5.56. The van der Waals surface area contributed by atoms with E-state index in [0.717, 1.165) is 25.2 Å². The number of carbonyl (C=O) groups is 1. The fourth-order valence-corrected chi connectivity index (χ4v) is 4.95. The van der Waals surface area contributed by atoms with Crippen LogP contribution in [0.5, 0.6) is 0 Å². The van der Waals surface area contributed by atoms with E-state index in [-0.39, 0.29) is 10.8 Å². The van der Waals surface area contributed by atoms with E-state index in [1.807, 2.05) is 31.2 Å². The Morgan fingerprint density at radius 1 is 0.875 bits per heavy atom. The van der Waals surface area contributed by atoms with Gasteiger partial charge in [-0.15, -0.1) is 0 Å². The number of nitrogens with one attached hydrogen (secondary N) is 1. The Balaban J connectivity index is 1.41. The van der Waals surface area contributed by atoms with Gasteiger partial charge in [-0.2, -0.15) is 0 Å². The van der Waals surface area contributed by atoms with Crippen molar-refractivity contribution >= 4 is 21.6 Å². The van der Waals surface area contributed by atoms with Crippen LogP contribution in [0.3, 0.4) is 0 Å². The molecule has 1 aliphatic rings. The zero-order valence-corrected chi connectivity index (χ0v) is 18.9. The summed E-state index contributed by atoms with van der Waals surface area (Å²) >= 11 is 0. The molecule has 0 spiro atoms. The molecule has 0 saturated carbocycles. The van der Waals surface area contributed by atoms with Crippen LogP contribution in [0.1, 0.15) is 21.5 Å². The summed E-state index contributed by atoms with van der Waals surface area (Å²) in [5.74, 6) is -0.142. The predicted octanol–water partition coefficient (Wildman–Crippen LogP) is 3.75. The average molecular weight is 450 g/mol. The molecule has 1 N–H and O–H groups in total. The molecule has 0 aliphatic carbocycles. The quantitative estimate of drug-likeness (QED) is 0.622. The molecule has 6 nitrogen and oxygen atoms in total. The van der Waals surface area contributed by atoms with E-state index < -0.39 is 10.0 Å². The van der Waals surface area contributed by atoms with Gasteiger partial charge in [0.15, 0.2) is 0 Å². The van der Waals surface area contributed by atoms with E-state index in [1.165, 1.54) is 17.7 Å². The molecule has 4 rings (SSSR count). The van der Waals surface area contributed by atoms with Crippen LogP contribution in [0, 0.1) is 6.92 Å². The average Bonchev–Trinajstić information content (AvgIpc) is 2.80. The van der Waals surface area contributed by atoms with Crippen LogP contribution in [0.25, 0.3) is 0 Å². The van der Waals surface area contributed by atoms with Crippen LogP contribution in [0.15, 0.2) is 83.8 Å². The Morgan fingerprint density at radius 3 is 2.31 bits per heavy atom. The third-order valence-electron chi connectivity index (χ3n) is 5.57. The minimum absolute atomic E-state index is 0.0765. The molecule has 3 aromatic carbocycles. The van der Waals surface area contributed by atoms with E-state index in [2.05, 4.69) is 21.8 Å². The van der Waals surface area contributed by atoms with Gasteiger partial charge in [0.05, 0.1) is 4.90 Å². The van der Waals surface area contributed by atoms with Crippen LogP contribution < -0.4 is 4.72 Å². The number of hydrogen-bond acceptors (Lipinski definition) is 4. The van der Waals surface area contributed by atoms with Crippen molar-refractivity contribution in [3.05, 3.63) is 95.6 Å². The molecule has 1 aliphatic heterocycles. The van der Waals surface area contributed by atoms with Crippen molar-refractivity contribution in [3.63, 3.8) is 0 Å². The largest absolute Gasteiger partial charge is 0.336 e. The molecule has 1 fully saturated rings. The van der Waals surface area contributed by atoms with Gasteiger partial charge in [-0.3, -0.25) is 14.4 Å². The highest BCUT2D eigenvalue weighted by atomic mass is 32.2. The molecule has 1 amide bonds. The Morgan fingerprint density at radius 2 is 1.59 bits per heavy atom. The molecular formula is C25H27N3O3S. The monoisotopic (exact) mass is 449 g/mol. The van der Waals surface area contributed by atoms with Crippen molar-refractivity contribution in [1.29, 1.82) is 0 Å². The van der Waals surface area contributed by atoms with Crippen molar-refractivity contribution in [1.82, 2.24) is 9.80 Å². The smallest absolute Gasteiger partial charge is 0.261 e. The Kier molecular flexibility index (Phi) is 6.58. The van der Waals surface area contributed by atoms with Crippen molar-refractivity contribution in [3.8, 4) is 0 Å². The molecular weight excluding hydrogens is 422 g/mol. The second-order valence-electron chi connectivity index (χ2n) is 8.06. The number of benzene rings is 3. The molecule has 1 saturated heterocycles. The normalized spacial score (nSPS) is 14.8. The molecule has 32 heavy (non-hydrogen) atoms. The van der Waals surface area contributed by atoms with E-state index in [0.29, 0.717) is 24.3 Å². The van der Waals surface area contributed by atoms with Gasteiger partial charge >= 0.3 is 0 Å². The minimum Gasteiger partial charge on any atom is -0.336 e. The Hall–Kier alpha value is -3.16. The number of amides is 1. The van der Waals surface area contributed by atoms with E-state index in [9.17, 15) is 13.2 Å². The zero-order valence-electron chi connectivity index (χ0n) is 18.1. The van der Waals surface area contributed by atoms with Gasteiger partial charge in [-0.25, -0.2) is 8.42 Å². The van der Waals surface area contributed by atoms with Gasteiger partial charge < -0.3 is 4.90 Å². The topological polar surface area (TPSA) is 69.7 Å². The molecule has 166 valence electrons. The van der Waals surface area contributed by atoms with Crippen LogP contribution in [-0.2, 0) is 16.6 Å². The second kappa shape index (κ2) is 9.54. The molecule has 0 aromatic heterocycles. The Labute approximate surface area is 189 Å². The summed E-state index contributed by atoms with van der Waals surface area (Å²) in [6, 6.07) is 23.7. The number of aryl methyl sites for hydroxylation is 1. The first-order chi connectivity index (χ1) is 15.4. The summed E-state index contributed by atoms with van der Waals surface area (Å²) in [5.41, 5.74) is 3.09. The summed E-state index contributed by atoms with van der Waals surface area (Å²) in [6.07, 6.45) is 0. The molecule has 0 atom stereocenters. The van der Waals surface area contributed by atoms with Crippen molar-refractivity contribution in [2.45, 2.75) is 18.4 Å². The van der Waals surface area contributed by atoms with E-state index >= 15 is 0 Å². The first-order valence-electron chi connectivity index (χ1n) is 10.7. The van der Waals surface area contributed by atoms with Crippen molar-refractivity contribution in [2.24, 2.45) is 0 Å². The third kappa shape index (κ3) is 5.36. The fourth-order valence-electron chi connectivity index (χ4n) is 3.85. The fraction of sp³-hybridized carbons (Fsp3) is 0.240. The molecule has 0 unspecified atom stereocenters. The van der Waals surface area contributed by atoms with Crippen molar-refractivity contribution < 1.29 is 13.2 Å². The number of sulfonamides is 1. The maximum absolute atomic E-state index is 13.0. The summed E-state index contributed by atoms with van der Waals surface area (Å²) in [5, 5.41) is 0. The lowest BCUT2D eigenvalue weighted by molar-refractivity contribution is 0.0628. The van der Waals surface area contributed by atoms with Gasteiger partial charge in [0.2, 0.25) is 0 Å². The number of anilines is 1. The molecule has 0 radical (unpaired) electrons. The van der Waals surface area contributed by atoms with Gasteiger partial charge in [-0.05, 0) is 48.4 Å². The maximum atomic E-state index is 13.0. The van der Waals surface area contributed by atoms with Crippen LogP contribution in [-0.4, -0.2) is 50.3 Å². The lowest BCUT2D eigenvalue weighted by Crippen LogP contribution is -2.48. The van der Waals surface area contributed by atoms with Gasteiger partial charge in [0, 0.05) is 44.0 Å². The number of rotatable bonds is 6. The predicted molar refractivity (Wildman–Crippen MR) is 126 cm³/mol. The first-order valence-corrected chi connectivity index (χ1v) is 12.1. The van der Waals surface area contributed by atoms with Crippen LogP contribution >= 0.6 is 0 Å². The molecule has 7 heteroatoms. The number of hydrogen-bond donors (Lipinski definition) is 1. The SMILES string of the molecule is Cc1cccc(NS(=O)(=O)c2cccc(C(=O)N3CCN(Cc4ccccc4)CC3)c2)c1. The first kappa shape index (κ1) is 22.0. The van der Waals surface area contributed by atoms with Gasteiger partial charge in [-0.1, -0.05) is 48.5 Å². The Bertz CT molecular complexity index is 1190. The lowest BCUT2D eigenvalue weighted by Gasteiger charge is -2.34. The van der Waals surface area contributed by atoms with Gasteiger partial charge in [0.25, 0.3) is 15.9 Å². The highest BCUT2D eigenvalue weighted by Gasteiger charge is 2.24. The summed E-state index contributed by atoms with van der Waals surface area (Å²) in [7, 11) is -3.79. The summed E-state index contributed by atoms with van der Waals surface area (Å²) < 4.78 is 28.3. The number of nitrogens with zero attached hydrogens (tertiary/aromatic N) is 2. The third-order valence-corrected chi connectivity index (χ3v) is 6.95. The second-order valence-corrected chi connectivity index (χ2v) is 9.74. The van der Waals surface area contributed by atoms with E-state index in [4.69, 9.17) is 0 Å². The minimum atomic E-state index is -3.79. The maximum Gasteiger partial charge on any atom is 0.261 e. The highest BCUT2D eigenvalue weighted by molar-refractivity contribution is 7.92. The molecule has 3 aromatic rings. The summed E-state index contributed by atoms with van der Waals surface area (Å²) in [4.78, 5) is 17.2. The number of carbonyl (C=O) groups excluding carboxylic acids is 1. The molecule has 1 heterocycles. The van der Waals surface area contributed by atoms with Crippen LogP contribution in [0.2, 0.25) is 0 Å².